The second-order valence-electron chi connectivity index (χ2n) is 2.88. The average molecular weight is 215 g/mol. The monoisotopic (exact) mass is 215 g/mol. The van der Waals surface area contributed by atoms with Gasteiger partial charge < -0.3 is 14.7 Å². The molecule has 1 amide bonds. The number of carbonyl (C=O) groups excluding carboxylic acids is 2. The summed E-state index contributed by atoms with van der Waals surface area (Å²) in [4.78, 5) is 33.2. The van der Waals surface area contributed by atoms with Gasteiger partial charge in [-0.3, -0.25) is 4.79 Å². The van der Waals surface area contributed by atoms with Gasteiger partial charge in [-0.2, -0.15) is 0 Å². The minimum absolute atomic E-state index is 0.0557. The summed E-state index contributed by atoms with van der Waals surface area (Å²) >= 11 is 0. The van der Waals surface area contributed by atoms with Crippen molar-refractivity contribution in [1.82, 2.24) is 4.90 Å². The van der Waals surface area contributed by atoms with Crippen LogP contribution in [0.5, 0.6) is 0 Å². The molecule has 1 N–H and O–H groups in total. The van der Waals surface area contributed by atoms with E-state index in [1.165, 1.54) is 4.90 Å². The molecule has 6 heteroatoms. The zero-order valence-corrected chi connectivity index (χ0v) is 8.60. The first-order valence-electron chi connectivity index (χ1n) is 4.21. The first kappa shape index (κ1) is 13.2. The van der Waals surface area contributed by atoms with Crippen LogP contribution in [0.3, 0.4) is 0 Å². The van der Waals surface area contributed by atoms with E-state index >= 15 is 0 Å². The number of hydrogen-bond acceptors (Lipinski definition) is 4. The minimum Gasteiger partial charge on any atom is -0.478 e. The molecule has 0 spiro atoms. The molecule has 0 aromatic rings. The van der Waals surface area contributed by atoms with E-state index in [4.69, 9.17) is 5.11 Å². The van der Waals surface area contributed by atoms with Crippen molar-refractivity contribution in [1.29, 1.82) is 0 Å². The van der Waals surface area contributed by atoms with Gasteiger partial charge in [0.1, 0.15) is 6.61 Å². The lowest BCUT2D eigenvalue weighted by Crippen LogP contribution is -2.23. The van der Waals surface area contributed by atoms with Crippen LogP contribution in [0.1, 0.15) is 6.42 Å². The van der Waals surface area contributed by atoms with Crippen LogP contribution in [-0.2, 0) is 19.1 Å². The number of esters is 1. The lowest BCUT2D eigenvalue weighted by atomic mass is 10.4. The maximum absolute atomic E-state index is 11.0. The van der Waals surface area contributed by atoms with E-state index in [1.807, 2.05) is 0 Å². The first-order chi connectivity index (χ1) is 6.93. The standard InChI is InChI=1S/C9H13NO5/c1-10(2)7(11)5-6-15-9(14)4-3-8(12)13/h3-4H,5-6H2,1-2H3,(H,12,13). The molecule has 0 aliphatic heterocycles. The highest BCUT2D eigenvalue weighted by molar-refractivity contribution is 5.90. The van der Waals surface area contributed by atoms with E-state index in [1.54, 1.807) is 14.1 Å². The molecule has 0 heterocycles. The van der Waals surface area contributed by atoms with Gasteiger partial charge in [0.2, 0.25) is 5.91 Å². The van der Waals surface area contributed by atoms with Gasteiger partial charge in [-0.1, -0.05) is 0 Å². The maximum atomic E-state index is 11.0. The molecular formula is C9H13NO5. The molecule has 0 aliphatic rings. The molecule has 84 valence electrons. The highest BCUT2D eigenvalue weighted by Gasteiger charge is 2.05. The Balaban J connectivity index is 3.73. The number of ether oxygens (including phenoxy) is 1. The van der Waals surface area contributed by atoms with Gasteiger partial charge in [0.25, 0.3) is 0 Å². The van der Waals surface area contributed by atoms with Gasteiger partial charge in [0.15, 0.2) is 0 Å². The SMILES string of the molecule is CN(C)C(=O)CCOC(=O)C=CC(=O)O. The van der Waals surface area contributed by atoms with E-state index < -0.39 is 11.9 Å². The van der Waals surface area contributed by atoms with Crippen molar-refractivity contribution in [3.63, 3.8) is 0 Å². The van der Waals surface area contributed by atoms with E-state index in [9.17, 15) is 14.4 Å². The summed E-state index contributed by atoms with van der Waals surface area (Å²) in [6.07, 6.45) is 1.55. The largest absolute Gasteiger partial charge is 0.478 e. The third kappa shape index (κ3) is 7.24. The van der Waals surface area contributed by atoms with Crippen molar-refractivity contribution < 1.29 is 24.2 Å². The van der Waals surface area contributed by atoms with E-state index in [0.717, 1.165) is 6.08 Å². The van der Waals surface area contributed by atoms with Crippen LogP contribution in [0.25, 0.3) is 0 Å². The van der Waals surface area contributed by atoms with Gasteiger partial charge >= 0.3 is 11.9 Å². The van der Waals surface area contributed by atoms with Crippen LogP contribution in [0, 0.1) is 0 Å². The van der Waals surface area contributed by atoms with Crippen LogP contribution >= 0.6 is 0 Å². The van der Waals surface area contributed by atoms with Crippen molar-refractivity contribution in [3.8, 4) is 0 Å². The molecule has 0 radical (unpaired) electrons. The molecule has 0 saturated heterocycles. The highest BCUT2D eigenvalue weighted by Crippen LogP contribution is 1.90. The van der Waals surface area contributed by atoms with Gasteiger partial charge in [-0.05, 0) is 0 Å². The number of nitrogens with zero attached hydrogens (tertiary/aromatic N) is 1. The molecule has 0 bridgehead atoms. The topological polar surface area (TPSA) is 83.9 Å². The third-order valence-electron chi connectivity index (χ3n) is 1.42. The fourth-order valence-corrected chi connectivity index (χ4v) is 0.650. The summed E-state index contributed by atoms with van der Waals surface area (Å²) in [6, 6.07) is 0. The molecule has 0 rings (SSSR count). The van der Waals surface area contributed by atoms with Gasteiger partial charge in [-0.25, -0.2) is 9.59 Å². The van der Waals surface area contributed by atoms with Crippen LogP contribution in [-0.4, -0.2) is 48.6 Å². The molecule has 15 heavy (non-hydrogen) atoms. The second-order valence-corrected chi connectivity index (χ2v) is 2.88. The molecule has 0 saturated carbocycles. The second kappa shape index (κ2) is 6.58. The smallest absolute Gasteiger partial charge is 0.331 e. The van der Waals surface area contributed by atoms with Crippen LogP contribution < -0.4 is 0 Å². The first-order valence-corrected chi connectivity index (χ1v) is 4.21. The minimum atomic E-state index is -1.23. The maximum Gasteiger partial charge on any atom is 0.331 e. The Morgan fingerprint density at radius 1 is 1.27 bits per heavy atom. The third-order valence-corrected chi connectivity index (χ3v) is 1.42. The summed E-state index contributed by atoms with van der Waals surface area (Å²) in [7, 11) is 3.18. The quantitative estimate of drug-likeness (QED) is 0.500. The Labute approximate surface area is 87.1 Å². The Morgan fingerprint density at radius 3 is 2.33 bits per heavy atom. The van der Waals surface area contributed by atoms with Gasteiger partial charge in [0, 0.05) is 26.2 Å². The molecule has 0 aromatic heterocycles. The molecular weight excluding hydrogens is 202 g/mol. The summed E-state index contributed by atoms with van der Waals surface area (Å²) in [6.45, 7) is -0.0557. The number of amides is 1. The Morgan fingerprint density at radius 2 is 1.87 bits per heavy atom. The lowest BCUT2D eigenvalue weighted by Gasteiger charge is -2.09. The normalized spacial score (nSPS) is 10.0. The zero-order chi connectivity index (χ0) is 11.8. The zero-order valence-electron chi connectivity index (χ0n) is 8.60. The number of carboxylic acid groups (broad SMARTS) is 1. The number of rotatable bonds is 5. The van der Waals surface area contributed by atoms with Crippen molar-refractivity contribution in [2.75, 3.05) is 20.7 Å². The summed E-state index contributed by atoms with van der Waals surface area (Å²) < 4.78 is 4.58. The summed E-state index contributed by atoms with van der Waals surface area (Å²) in [5, 5.41) is 8.19. The molecule has 0 aliphatic carbocycles. The van der Waals surface area contributed by atoms with Crippen LogP contribution in [0.15, 0.2) is 12.2 Å². The van der Waals surface area contributed by atoms with Crippen LogP contribution in [0.4, 0.5) is 0 Å². The Kier molecular flexibility index (Phi) is 5.77. The Bertz CT molecular complexity index is 282. The van der Waals surface area contributed by atoms with Crippen molar-refractivity contribution in [2.24, 2.45) is 0 Å². The summed E-state index contributed by atoms with van der Waals surface area (Å²) in [5.74, 6) is -2.16. The van der Waals surface area contributed by atoms with Crippen LogP contribution in [0.2, 0.25) is 0 Å². The Hall–Kier alpha value is -1.85. The molecule has 0 aromatic carbocycles. The molecule has 0 unspecified atom stereocenters. The summed E-state index contributed by atoms with van der Waals surface area (Å²) in [5.41, 5.74) is 0. The van der Waals surface area contributed by atoms with Crippen molar-refractivity contribution >= 4 is 17.8 Å². The highest BCUT2D eigenvalue weighted by atomic mass is 16.5. The van der Waals surface area contributed by atoms with E-state index in [-0.39, 0.29) is 18.9 Å². The van der Waals surface area contributed by atoms with Gasteiger partial charge in [-0.15, -0.1) is 0 Å². The number of carboxylic acids is 1. The van der Waals surface area contributed by atoms with E-state index in [2.05, 4.69) is 4.74 Å². The molecule has 6 nitrogen and oxygen atoms in total. The number of carbonyl (C=O) groups is 3. The average Bonchev–Trinajstić information content (AvgIpc) is 2.14. The fourth-order valence-electron chi connectivity index (χ4n) is 0.650. The molecule has 0 fully saturated rings. The van der Waals surface area contributed by atoms with Gasteiger partial charge in [0.05, 0.1) is 6.42 Å². The molecule has 0 atom stereocenters. The predicted octanol–water partition coefficient (Wildman–Crippen LogP) is -0.351. The number of aliphatic carboxylic acids is 1. The van der Waals surface area contributed by atoms with E-state index in [0.29, 0.717) is 6.08 Å². The lowest BCUT2D eigenvalue weighted by molar-refractivity contribution is -0.140. The van der Waals surface area contributed by atoms with Crippen molar-refractivity contribution in [3.05, 3.63) is 12.2 Å². The predicted molar refractivity (Wildman–Crippen MR) is 51.0 cm³/mol. The fraction of sp³-hybridized carbons (Fsp3) is 0.444. The number of hydrogen-bond donors (Lipinski definition) is 1. The van der Waals surface area contributed by atoms with Crippen molar-refractivity contribution in [2.45, 2.75) is 6.42 Å².